The number of nitrogens with zero attached hydrogens (tertiary/aromatic N) is 1. The van der Waals surface area contributed by atoms with E-state index >= 15 is 0 Å². The Bertz CT molecular complexity index is 831. The van der Waals surface area contributed by atoms with Crippen LogP contribution in [0.15, 0.2) is 52.8 Å². The fourth-order valence-electron chi connectivity index (χ4n) is 3.15. The fraction of sp³-hybridized carbons (Fsp3) is 0.333. The van der Waals surface area contributed by atoms with Crippen LogP contribution in [0.1, 0.15) is 48.3 Å². The van der Waals surface area contributed by atoms with E-state index in [4.69, 9.17) is 4.42 Å². The molecule has 5 heteroatoms. The Morgan fingerprint density at radius 2 is 2.12 bits per heavy atom. The summed E-state index contributed by atoms with van der Waals surface area (Å²) in [4.78, 5) is 12.1. The molecule has 0 aliphatic heterocycles. The summed E-state index contributed by atoms with van der Waals surface area (Å²) in [5.41, 5.74) is 4.07. The number of carbonyl (C=O) groups is 1. The van der Waals surface area contributed by atoms with Crippen LogP contribution in [-0.4, -0.2) is 5.91 Å². The number of carbonyl (C=O) groups excluding carboxylic acids is 1. The van der Waals surface area contributed by atoms with Crippen LogP contribution < -0.4 is 10.6 Å². The summed E-state index contributed by atoms with van der Waals surface area (Å²) in [6, 6.07) is 12.1. The van der Waals surface area contributed by atoms with Gasteiger partial charge in [0.2, 0.25) is 0 Å². The second kappa shape index (κ2) is 8.39. The highest BCUT2D eigenvalue weighted by atomic mass is 16.3. The van der Waals surface area contributed by atoms with E-state index in [2.05, 4.69) is 28.8 Å². The zero-order valence-electron chi connectivity index (χ0n) is 14.9. The van der Waals surface area contributed by atoms with E-state index in [1.165, 1.54) is 30.2 Å². The van der Waals surface area contributed by atoms with E-state index < -0.39 is 5.91 Å². The first-order chi connectivity index (χ1) is 12.7. The van der Waals surface area contributed by atoms with Gasteiger partial charge in [0.05, 0.1) is 12.8 Å². The van der Waals surface area contributed by atoms with Crippen molar-refractivity contribution < 1.29 is 9.21 Å². The number of fused-ring (bicyclic) bond motifs is 1. The number of rotatable bonds is 6. The second-order valence-electron chi connectivity index (χ2n) is 6.56. The number of benzene rings is 1. The third-order valence-electron chi connectivity index (χ3n) is 4.72. The van der Waals surface area contributed by atoms with Crippen molar-refractivity contribution in [3.8, 4) is 6.07 Å². The minimum Gasteiger partial charge on any atom is -0.467 e. The first kappa shape index (κ1) is 17.8. The van der Waals surface area contributed by atoms with E-state index in [1.807, 2.05) is 13.0 Å². The second-order valence-corrected chi connectivity index (χ2v) is 6.56. The predicted molar refractivity (Wildman–Crippen MR) is 98.9 cm³/mol. The molecule has 1 heterocycles. The van der Waals surface area contributed by atoms with Crippen LogP contribution in [0, 0.1) is 11.3 Å². The number of aryl methyl sites for hydroxylation is 2. The Morgan fingerprint density at radius 1 is 1.31 bits per heavy atom. The molecule has 3 rings (SSSR count). The van der Waals surface area contributed by atoms with Crippen molar-refractivity contribution in [3.05, 3.63) is 70.8 Å². The molecule has 2 aromatic rings. The molecule has 2 N–H and O–H groups in total. The lowest BCUT2D eigenvalue weighted by atomic mass is 9.89. The molecule has 0 saturated carbocycles. The molecular formula is C21H23N3O2. The topological polar surface area (TPSA) is 78.1 Å². The van der Waals surface area contributed by atoms with Crippen molar-refractivity contribution in [2.24, 2.45) is 0 Å². The average Bonchev–Trinajstić information content (AvgIpc) is 3.20. The van der Waals surface area contributed by atoms with Gasteiger partial charge >= 0.3 is 0 Å². The van der Waals surface area contributed by atoms with Gasteiger partial charge in [-0.15, -0.1) is 0 Å². The molecule has 1 aromatic heterocycles. The van der Waals surface area contributed by atoms with E-state index in [0.29, 0.717) is 5.76 Å². The number of hydrogen-bond donors (Lipinski definition) is 2. The van der Waals surface area contributed by atoms with Gasteiger partial charge < -0.3 is 15.1 Å². The van der Waals surface area contributed by atoms with Gasteiger partial charge in [-0.05, 0) is 61.4 Å². The SMILES string of the molecule is CC(N/C=C(/C#N)C(=O)NCc1ccco1)c1ccc2c(c1)CCCC2. The zero-order chi connectivity index (χ0) is 18.4. The Kier molecular flexibility index (Phi) is 5.75. The number of furan rings is 1. The van der Waals surface area contributed by atoms with Crippen molar-refractivity contribution in [2.45, 2.75) is 45.2 Å². The number of amides is 1. The molecule has 0 bridgehead atoms. The third kappa shape index (κ3) is 4.34. The van der Waals surface area contributed by atoms with E-state index in [1.54, 1.807) is 18.4 Å². The van der Waals surface area contributed by atoms with Gasteiger partial charge in [-0.25, -0.2) is 0 Å². The normalized spacial score (nSPS) is 14.8. The maximum atomic E-state index is 12.1. The van der Waals surface area contributed by atoms with Gasteiger partial charge in [0.1, 0.15) is 17.4 Å². The standard InChI is InChI=1S/C21H23N3O2/c1-15(17-9-8-16-5-2-3-6-18(16)11-17)23-13-19(12-22)21(25)24-14-20-7-4-10-26-20/h4,7-11,13,15,23H,2-3,5-6,14H2,1H3,(H,24,25)/b19-13-. The van der Waals surface area contributed by atoms with Crippen molar-refractivity contribution >= 4 is 5.91 Å². The van der Waals surface area contributed by atoms with E-state index in [-0.39, 0.29) is 18.2 Å². The van der Waals surface area contributed by atoms with Gasteiger partial charge in [-0.2, -0.15) is 5.26 Å². The first-order valence-corrected chi connectivity index (χ1v) is 8.96. The highest BCUT2D eigenvalue weighted by Gasteiger charge is 2.13. The summed E-state index contributed by atoms with van der Waals surface area (Å²) in [7, 11) is 0. The highest BCUT2D eigenvalue weighted by Crippen LogP contribution is 2.24. The molecule has 1 aliphatic rings. The summed E-state index contributed by atoms with van der Waals surface area (Å²) in [5, 5.41) is 15.1. The van der Waals surface area contributed by atoms with E-state index in [9.17, 15) is 10.1 Å². The average molecular weight is 349 g/mol. The molecule has 0 fully saturated rings. The first-order valence-electron chi connectivity index (χ1n) is 8.96. The van der Waals surface area contributed by atoms with Crippen LogP contribution in [0.5, 0.6) is 0 Å². The predicted octanol–water partition coefficient (Wildman–Crippen LogP) is 3.53. The summed E-state index contributed by atoms with van der Waals surface area (Å²) in [5.74, 6) is 0.222. The van der Waals surface area contributed by atoms with Crippen molar-refractivity contribution in [3.63, 3.8) is 0 Å². The van der Waals surface area contributed by atoms with Crippen LogP contribution in [0.4, 0.5) is 0 Å². The molecule has 0 spiro atoms. The summed E-state index contributed by atoms with van der Waals surface area (Å²) in [6.45, 7) is 2.28. The number of nitrogens with one attached hydrogen (secondary N) is 2. The molecule has 1 atom stereocenters. The van der Waals surface area contributed by atoms with Crippen LogP contribution >= 0.6 is 0 Å². The monoisotopic (exact) mass is 349 g/mol. The van der Waals surface area contributed by atoms with Gasteiger partial charge in [-0.1, -0.05) is 18.2 Å². The Balaban J connectivity index is 1.61. The largest absolute Gasteiger partial charge is 0.467 e. The lowest BCUT2D eigenvalue weighted by Gasteiger charge is -2.19. The van der Waals surface area contributed by atoms with Gasteiger partial charge in [0, 0.05) is 12.2 Å². The summed E-state index contributed by atoms with van der Waals surface area (Å²) < 4.78 is 5.17. The summed E-state index contributed by atoms with van der Waals surface area (Å²) >= 11 is 0. The van der Waals surface area contributed by atoms with E-state index in [0.717, 1.165) is 18.4 Å². The van der Waals surface area contributed by atoms with Crippen molar-refractivity contribution in [1.82, 2.24) is 10.6 Å². The minimum atomic E-state index is -0.422. The van der Waals surface area contributed by atoms with Crippen LogP contribution in [0.2, 0.25) is 0 Å². The molecular weight excluding hydrogens is 326 g/mol. The van der Waals surface area contributed by atoms with Crippen molar-refractivity contribution in [2.75, 3.05) is 0 Å². The Hall–Kier alpha value is -3.00. The number of nitriles is 1. The van der Waals surface area contributed by atoms with Crippen LogP contribution in [0.25, 0.3) is 0 Å². The van der Waals surface area contributed by atoms with Gasteiger partial charge in [0.25, 0.3) is 5.91 Å². The highest BCUT2D eigenvalue weighted by molar-refractivity contribution is 5.97. The fourth-order valence-corrected chi connectivity index (χ4v) is 3.15. The molecule has 0 saturated heterocycles. The maximum Gasteiger partial charge on any atom is 0.263 e. The maximum absolute atomic E-state index is 12.1. The molecule has 1 aromatic carbocycles. The van der Waals surface area contributed by atoms with Crippen molar-refractivity contribution in [1.29, 1.82) is 5.26 Å². The smallest absolute Gasteiger partial charge is 0.263 e. The molecule has 1 aliphatic carbocycles. The molecule has 1 amide bonds. The molecule has 134 valence electrons. The number of hydrogen-bond acceptors (Lipinski definition) is 4. The molecule has 1 unspecified atom stereocenters. The van der Waals surface area contributed by atoms with Gasteiger partial charge in [-0.3, -0.25) is 4.79 Å². The quantitative estimate of drug-likeness (QED) is 0.618. The molecule has 5 nitrogen and oxygen atoms in total. The molecule has 26 heavy (non-hydrogen) atoms. The summed E-state index contributed by atoms with van der Waals surface area (Å²) in [6.07, 6.45) is 7.83. The minimum absolute atomic E-state index is 0.0171. The third-order valence-corrected chi connectivity index (χ3v) is 4.72. The lowest BCUT2D eigenvalue weighted by molar-refractivity contribution is -0.117. The lowest BCUT2D eigenvalue weighted by Crippen LogP contribution is -2.25. The Morgan fingerprint density at radius 3 is 2.85 bits per heavy atom. The van der Waals surface area contributed by atoms with Crippen LogP contribution in [-0.2, 0) is 24.2 Å². The Labute approximate surface area is 153 Å². The zero-order valence-corrected chi connectivity index (χ0v) is 14.9. The molecule has 0 radical (unpaired) electrons. The van der Waals surface area contributed by atoms with Crippen LogP contribution in [0.3, 0.4) is 0 Å². The van der Waals surface area contributed by atoms with Gasteiger partial charge in [0.15, 0.2) is 0 Å².